The molecule has 4 nitrogen and oxygen atoms in total. The van der Waals surface area contributed by atoms with Crippen molar-refractivity contribution in [3.8, 4) is 11.3 Å². The molecule has 0 radical (unpaired) electrons. The molecule has 1 fully saturated rings. The number of aliphatic hydroxyl groups is 1. The minimum absolute atomic E-state index is 0.120. The zero-order valence-corrected chi connectivity index (χ0v) is 12.7. The summed E-state index contributed by atoms with van der Waals surface area (Å²) in [6, 6.07) is 8.04. The molecule has 0 saturated heterocycles. The van der Waals surface area contributed by atoms with Crippen LogP contribution in [0.5, 0.6) is 0 Å². The van der Waals surface area contributed by atoms with Gasteiger partial charge in [0.2, 0.25) is 5.91 Å². The van der Waals surface area contributed by atoms with Gasteiger partial charge in [-0.05, 0) is 31.7 Å². The summed E-state index contributed by atoms with van der Waals surface area (Å²) in [5.74, 6) is -0.415. The molecule has 0 bridgehead atoms. The van der Waals surface area contributed by atoms with Crippen molar-refractivity contribution >= 4 is 22.4 Å². The molecule has 5 heteroatoms. The Hall–Kier alpha value is -1.72. The van der Waals surface area contributed by atoms with E-state index in [1.807, 2.05) is 36.6 Å². The third-order valence-corrected chi connectivity index (χ3v) is 4.73. The maximum Gasteiger partial charge on any atom is 0.231 e. The number of benzene rings is 1. The van der Waals surface area contributed by atoms with E-state index >= 15 is 0 Å². The van der Waals surface area contributed by atoms with Gasteiger partial charge in [0.25, 0.3) is 0 Å². The molecule has 2 aromatic rings. The van der Waals surface area contributed by atoms with E-state index in [4.69, 9.17) is 0 Å². The largest absolute Gasteiger partial charge is 0.392 e. The second kappa shape index (κ2) is 5.95. The molecule has 1 aromatic carbocycles. The number of aliphatic hydroxyl groups excluding tert-OH is 1. The van der Waals surface area contributed by atoms with Crippen LogP contribution in [0.1, 0.15) is 24.8 Å². The quantitative estimate of drug-likeness (QED) is 0.915. The molecule has 1 aromatic heterocycles. The summed E-state index contributed by atoms with van der Waals surface area (Å²) in [5.41, 5.74) is 3.11. The molecule has 0 spiro atoms. The van der Waals surface area contributed by atoms with Crippen LogP contribution in [0.4, 0.5) is 5.13 Å². The van der Waals surface area contributed by atoms with E-state index in [-0.39, 0.29) is 11.8 Å². The summed E-state index contributed by atoms with van der Waals surface area (Å²) in [7, 11) is 0. The molecule has 2 N–H and O–H groups in total. The molecular formula is C16H18N2O2S. The van der Waals surface area contributed by atoms with Gasteiger partial charge >= 0.3 is 0 Å². The van der Waals surface area contributed by atoms with Crippen molar-refractivity contribution < 1.29 is 9.90 Å². The van der Waals surface area contributed by atoms with Crippen LogP contribution in [-0.4, -0.2) is 22.1 Å². The summed E-state index contributed by atoms with van der Waals surface area (Å²) < 4.78 is 0. The van der Waals surface area contributed by atoms with E-state index in [9.17, 15) is 9.90 Å². The fourth-order valence-corrected chi connectivity index (χ4v) is 3.47. The number of aromatic nitrogens is 1. The standard InChI is InChI=1S/C16H18N2O2S/c1-10-5-2-3-6-11(10)13-9-21-16(17-13)18-15(20)12-7-4-8-14(12)19/h2-3,5-6,9,12,14,19H,4,7-8H2,1H3,(H,17,18,20). The number of carbonyl (C=O) groups is 1. The Morgan fingerprint density at radius 3 is 2.90 bits per heavy atom. The van der Waals surface area contributed by atoms with E-state index in [0.29, 0.717) is 11.6 Å². The zero-order valence-electron chi connectivity index (χ0n) is 11.9. The highest BCUT2D eigenvalue weighted by molar-refractivity contribution is 7.14. The van der Waals surface area contributed by atoms with E-state index in [0.717, 1.165) is 29.7 Å². The predicted molar refractivity (Wildman–Crippen MR) is 84.3 cm³/mol. The zero-order chi connectivity index (χ0) is 14.8. The summed E-state index contributed by atoms with van der Waals surface area (Å²) in [6.45, 7) is 2.04. The molecule has 1 aliphatic carbocycles. The van der Waals surface area contributed by atoms with Crippen LogP contribution in [0.15, 0.2) is 29.6 Å². The average molecular weight is 302 g/mol. The monoisotopic (exact) mass is 302 g/mol. The Labute approximate surface area is 127 Å². The smallest absolute Gasteiger partial charge is 0.231 e. The number of rotatable bonds is 3. The lowest BCUT2D eigenvalue weighted by Gasteiger charge is -2.12. The van der Waals surface area contributed by atoms with Crippen molar-refractivity contribution in [1.82, 2.24) is 4.98 Å². The van der Waals surface area contributed by atoms with Gasteiger partial charge in [-0.2, -0.15) is 0 Å². The van der Waals surface area contributed by atoms with E-state index in [1.165, 1.54) is 11.3 Å². The molecule has 1 heterocycles. The summed E-state index contributed by atoms with van der Waals surface area (Å²) >= 11 is 1.42. The lowest BCUT2D eigenvalue weighted by atomic mass is 10.1. The normalized spacial score (nSPS) is 21.4. The van der Waals surface area contributed by atoms with Crippen molar-refractivity contribution in [2.45, 2.75) is 32.3 Å². The Morgan fingerprint density at radius 1 is 1.38 bits per heavy atom. The van der Waals surface area contributed by atoms with Crippen LogP contribution >= 0.6 is 11.3 Å². The Balaban J connectivity index is 1.74. The number of amides is 1. The predicted octanol–water partition coefficient (Wildman–Crippen LogP) is 3.22. The molecular weight excluding hydrogens is 284 g/mol. The first-order chi connectivity index (χ1) is 10.1. The van der Waals surface area contributed by atoms with Gasteiger partial charge in [0.05, 0.1) is 17.7 Å². The number of nitrogens with one attached hydrogen (secondary N) is 1. The third-order valence-electron chi connectivity index (χ3n) is 3.97. The van der Waals surface area contributed by atoms with Crippen LogP contribution in [0.2, 0.25) is 0 Å². The van der Waals surface area contributed by atoms with Gasteiger partial charge in [0, 0.05) is 10.9 Å². The molecule has 2 atom stereocenters. The third kappa shape index (κ3) is 2.99. The number of anilines is 1. The molecule has 1 aliphatic rings. The van der Waals surface area contributed by atoms with E-state index in [2.05, 4.69) is 10.3 Å². The van der Waals surface area contributed by atoms with Crippen molar-refractivity contribution in [1.29, 1.82) is 0 Å². The van der Waals surface area contributed by atoms with Crippen LogP contribution in [0.3, 0.4) is 0 Å². The Bertz CT molecular complexity index is 653. The molecule has 0 aliphatic heterocycles. The van der Waals surface area contributed by atoms with Crippen LogP contribution < -0.4 is 5.32 Å². The summed E-state index contributed by atoms with van der Waals surface area (Å²) in [5, 5.41) is 15.2. The highest BCUT2D eigenvalue weighted by Gasteiger charge is 2.31. The second-order valence-electron chi connectivity index (χ2n) is 5.45. The Morgan fingerprint density at radius 2 is 2.19 bits per heavy atom. The lowest BCUT2D eigenvalue weighted by Crippen LogP contribution is -2.28. The van der Waals surface area contributed by atoms with Crippen LogP contribution in [0, 0.1) is 12.8 Å². The molecule has 21 heavy (non-hydrogen) atoms. The summed E-state index contributed by atoms with van der Waals surface area (Å²) in [6.07, 6.45) is 1.86. The van der Waals surface area contributed by atoms with Gasteiger partial charge in [-0.25, -0.2) is 4.98 Å². The van der Waals surface area contributed by atoms with Gasteiger partial charge in [0.15, 0.2) is 5.13 Å². The molecule has 2 unspecified atom stereocenters. The maximum absolute atomic E-state index is 12.1. The van der Waals surface area contributed by atoms with Crippen molar-refractivity contribution in [2.24, 2.45) is 5.92 Å². The SMILES string of the molecule is Cc1ccccc1-c1csc(NC(=O)C2CCCC2O)n1. The van der Waals surface area contributed by atoms with E-state index < -0.39 is 6.10 Å². The van der Waals surface area contributed by atoms with Crippen molar-refractivity contribution in [2.75, 3.05) is 5.32 Å². The minimum Gasteiger partial charge on any atom is -0.392 e. The number of hydrogen-bond acceptors (Lipinski definition) is 4. The molecule has 1 amide bonds. The minimum atomic E-state index is -0.513. The van der Waals surface area contributed by atoms with Crippen LogP contribution in [-0.2, 0) is 4.79 Å². The van der Waals surface area contributed by atoms with Crippen LogP contribution in [0.25, 0.3) is 11.3 Å². The van der Waals surface area contributed by atoms with Crippen molar-refractivity contribution in [3.05, 3.63) is 35.2 Å². The van der Waals surface area contributed by atoms with Gasteiger partial charge in [0.1, 0.15) is 0 Å². The second-order valence-corrected chi connectivity index (χ2v) is 6.30. The first kappa shape index (κ1) is 14.2. The highest BCUT2D eigenvalue weighted by Crippen LogP contribution is 2.30. The van der Waals surface area contributed by atoms with Crippen molar-refractivity contribution in [3.63, 3.8) is 0 Å². The molecule has 1 saturated carbocycles. The number of carbonyl (C=O) groups excluding carboxylic acids is 1. The molecule has 110 valence electrons. The fraction of sp³-hybridized carbons (Fsp3) is 0.375. The topological polar surface area (TPSA) is 62.2 Å². The summed E-state index contributed by atoms with van der Waals surface area (Å²) in [4.78, 5) is 16.6. The lowest BCUT2D eigenvalue weighted by molar-refractivity contribution is -0.122. The Kier molecular flexibility index (Phi) is 4.03. The average Bonchev–Trinajstić information content (AvgIpc) is 3.08. The molecule has 3 rings (SSSR count). The van der Waals surface area contributed by atoms with Gasteiger partial charge in [-0.3, -0.25) is 4.79 Å². The number of thiazole rings is 1. The first-order valence-corrected chi connectivity index (χ1v) is 8.03. The maximum atomic E-state index is 12.1. The number of nitrogens with zero attached hydrogens (tertiary/aromatic N) is 1. The van der Waals surface area contributed by atoms with Gasteiger partial charge in [-0.15, -0.1) is 11.3 Å². The van der Waals surface area contributed by atoms with E-state index in [1.54, 1.807) is 0 Å². The van der Waals surface area contributed by atoms with Gasteiger partial charge < -0.3 is 10.4 Å². The number of aryl methyl sites for hydroxylation is 1. The van der Waals surface area contributed by atoms with Gasteiger partial charge in [-0.1, -0.05) is 24.3 Å². The number of hydrogen-bond donors (Lipinski definition) is 2. The highest BCUT2D eigenvalue weighted by atomic mass is 32.1. The fourth-order valence-electron chi connectivity index (χ4n) is 2.76. The first-order valence-electron chi connectivity index (χ1n) is 7.15.